The number of ether oxygens (including phenoxy) is 1. The molecule has 1 aliphatic heterocycles. The van der Waals surface area contributed by atoms with Gasteiger partial charge in [0.25, 0.3) is 0 Å². The molecule has 0 saturated heterocycles. The number of halogens is 2. The molecule has 0 saturated carbocycles. The van der Waals surface area contributed by atoms with Crippen molar-refractivity contribution in [2.45, 2.75) is 38.3 Å². The highest BCUT2D eigenvalue weighted by Crippen LogP contribution is 2.52. The molecule has 1 heterocycles. The highest BCUT2D eigenvalue weighted by molar-refractivity contribution is 6.43. The van der Waals surface area contributed by atoms with Crippen LogP contribution in [0.3, 0.4) is 0 Å². The number of nitrogens with one attached hydrogen (secondary N) is 1. The summed E-state index contributed by atoms with van der Waals surface area (Å²) in [4.78, 5) is 0. The first-order valence-corrected chi connectivity index (χ1v) is 9.48. The molecule has 2 aromatic rings. The number of rotatable bonds is 3. The minimum absolute atomic E-state index is 0.176. The standard InChI is InChI=1S/C21H21Cl2NO/c1-12(2)25-14-8-6-13(7-9-14)20-16-5-3-4-15(16)17-10-11-18(22)19(23)21(17)24-20/h3-4,6-12,15-16,20,24H,5H2,1-2H3/t15-,16+,20+/m1/s1. The van der Waals surface area contributed by atoms with Gasteiger partial charge < -0.3 is 10.1 Å². The van der Waals surface area contributed by atoms with E-state index in [1.54, 1.807) is 0 Å². The average Bonchev–Trinajstić information content (AvgIpc) is 3.07. The molecule has 0 unspecified atom stereocenters. The van der Waals surface area contributed by atoms with E-state index in [1.165, 1.54) is 11.1 Å². The zero-order valence-electron chi connectivity index (χ0n) is 14.3. The Kier molecular flexibility index (Phi) is 4.43. The van der Waals surface area contributed by atoms with Gasteiger partial charge in [0, 0.05) is 5.92 Å². The summed E-state index contributed by atoms with van der Waals surface area (Å²) in [5, 5.41) is 4.86. The summed E-state index contributed by atoms with van der Waals surface area (Å²) >= 11 is 12.7. The molecule has 3 atom stereocenters. The molecule has 2 aromatic carbocycles. The molecule has 1 N–H and O–H groups in total. The van der Waals surface area contributed by atoms with Gasteiger partial charge in [0.15, 0.2) is 0 Å². The summed E-state index contributed by atoms with van der Waals surface area (Å²) in [6.07, 6.45) is 5.82. The van der Waals surface area contributed by atoms with Crippen LogP contribution in [0.4, 0.5) is 5.69 Å². The SMILES string of the molecule is CC(C)Oc1ccc([C@@H]2Nc3c(ccc(Cl)c3Cl)[C@@H]3C=CC[C@@H]32)cc1. The minimum Gasteiger partial charge on any atom is -0.491 e. The molecule has 2 aliphatic rings. The molecule has 0 radical (unpaired) electrons. The molecule has 0 spiro atoms. The van der Waals surface area contributed by atoms with E-state index in [0.717, 1.165) is 17.9 Å². The Bertz CT molecular complexity index is 813. The Balaban J connectivity index is 1.70. The van der Waals surface area contributed by atoms with Crippen LogP contribution in [-0.4, -0.2) is 6.10 Å². The van der Waals surface area contributed by atoms with Crippen molar-refractivity contribution in [3.8, 4) is 5.75 Å². The summed E-state index contributed by atoms with van der Waals surface area (Å²) in [5.74, 6) is 1.77. The third kappa shape index (κ3) is 3.02. The number of hydrogen-bond donors (Lipinski definition) is 1. The fourth-order valence-electron chi connectivity index (χ4n) is 3.96. The van der Waals surface area contributed by atoms with Crippen LogP contribution in [0.15, 0.2) is 48.6 Å². The van der Waals surface area contributed by atoms with Crippen LogP contribution in [0, 0.1) is 5.92 Å². The predicted octanol–water partition coefficient (Wildman–Crippen LogP) is 6.61. The number of benzene rings is 2. The van der Waals surface area contributed by atoms with E-state index in [0.29, 0.717) is 21.9 Å². The Morgan fingerprint density at radius 3 is 2.56 bits per heavy atom. The molecule has 0 bridgehead atoms. The monoisotopic (exact) mass is 373 g/mol. The minimum atomic E-state index is 0.176. The number of hydrogen-bond acceptors (Lipinski definition) is 2. The highest BCUT2D eigenvalue weighted by atomic mass is 35.5. The molecule has 130 valence electrons. The van der Waals surface area contributed by atoms with Crippen LogP contribution in [0.5, 0.6) is 5.75 Å². The second kappa shape index (κ2) is 6.59. The van der Waals surface area contributed by atoms with E-state index in [2.05, 4.69) is 35.7 Å². The van der Waals surface area contributed by atoms with Gasteiger partial charge in [-0.2, -0.15) is 0 Å². The van der Waals surface area contributed by atoms with Crippen LogP contribution in [0.25, 0.3) is 0 Å². The third-order valence-electron chi connectivity index (χ3n) is 5.04. The van der Waals surface area contributed by atoms with Gasteiger partial charge in [-0.3, -0.25) is 0 Å². The van der Waals surface area contributed by atoms with Crippen molar-refractivity contribution >= 4 is 28.9 Å². The first-order valence-electron chi connectivity index (χ1n) is 8.72. The average molecular weight is 374 g/mol. The third-order valence-corrected chi connectivity index (χ3v) is 5.84. The van der Waals surface area contributed by atoms with Crippen LogP contribution in [0.1, 0.15) is 43.4 Å². The molecule has 0 aromatic heterocycles. The molecule has 4 rings (SSSR count). The van der Waals surface area contributed by atoms with Crippen molar-refractivity contribution < 1.29 is 4.74 Å². The summed E-state index contributed by atoms with van der Waals surface area (Å²) in [6, 6.07) is 12.6. The van der Waals surface area contributed by atoms with Crippen LogP contribution >= 0.6 is 23.2 Å². The van der Waals surface area contributed by atoms with Crippen molar-refractivity contribution in [2.75, 3.05) is 5.32 Å². The summed E-state index contributed by atoms with van der Waals surface area (Å²) < 4.78 is 5.76. The topological polar surface area (TPSA) is 21.3 Å². The largest absolute Gasteiger partial charge is 0.491 e. The Hall–Kier alpha value is -1.64. The van der Waals surface area contributed by atoms with Crippen molar-refractivity contribution in [3.63, 3.8) is 0 Å². The van der Waals surface area contributed by atoms with E-state index in [4.69, 9.17) is 27.9 Å². The quantitative estimate of drug-likeness (QED) is 0.611. The normalized spacial score (nSPS) is 24.0. The zero-order chi connectivity index (χ0) is 17.6. The lowest BCUT2D eigenvalue weighted by Gasteiger charge is -2.38. The second-order valence-corrected chi connectivity index (χ2v) is 7.82. The second-order valence-electron chi connectivity index (χ2n) is 7.04. The molecule has 0 fully saturated rings. The molecule has 0 amide bonds. The first-order chi connectivity index (χ1) is 12.0. The van der Waals surface area contributed by atoms with Crippen molar-refractivity contribution in [3.05, 3.63) is 69.7 Å². The number of allylic oxidation sites excluding steroid dienone is 2. The Labute approximate surface area is 158 Å². The van der Waals surface area contributed by atoms with E-state index < -0.39 is 0 Å². The highest BCUT2D eigenvalue weighted by Gasteiger charge is 2.38. The van der Waals surface area contributed by atoms with E-state index in [-0.39, 0.29) is 12.1 Å². The molecular weight excluding hydrogens is 353 g/mol. The fourth-order valence-corrected chi connectivity index (χ4v) is 4.34. The molecule has 1 aliphatic carbocycles. The molecular formula is C21H21Cl2NO. The van der Waals surface area contributed by atoms with Gasteiger partial charge in [0.1, 0.15) is 5.75 Å². The van der Waals surface area contributed by atoms with Crippen LogP contribution in [-0.2, 0) is 0 Å². The number of fused-ring (bicyclic) bond motifs is 3. The molecule has 4 heteroatoms. The van der Waals surface area contributed by atoms with Crippen molar-refractivity contribution in [1.29, 1.82) is 0 Å². The Morgan fingerprint density at radius 1 is 1.08 bits per heavy atom. The lowest BCUT2D eigenvalue weighted by molar-refractivity contribution is 0.242. The maximum absolute atomic E-state index is 6.50. The van der Waals surface area contributed by atoms with E-state index >= 15 is 0 Å². The van der Waals surface area contributed by atoms with Crippen molar-refractivity contribution in [1.82, 2.24) is 0 Å². The Morgan fingerprint density at radius 2 is 1.84 bits per heavy atom. The van der Waals surface area contributed by atoms with Crippen molar-refractivity contribution in [2.24, 2.45) is 5.92 Å². The van der Waals surface area contributed by atoms with Crippen LogP contribution in [0.2, 0.25) is 10.0 Å². The predicted molar refractivity (Wildman–Crippen MR) is 105 cm³/mol. The van der Waals surface area contributed by atoms with Gasteiger partial charge in [0.05, 0.1) is 27.9 Å². The summed E-state index contributed by atoms with van der Waals surface area (Å²) in [5.41, 5.74) is 3.45. The van der Waals surface area contributed by atoms with Gasteiger partial charge >= 0.3 is 0 Å². The van der Waals surface area contributed by atoms with Gasteiger partial charge in [-0.05, 0) is 55.5 Å². The maximum Gasteiger partial charge on any atom is 0.119 e. The van der Waals surface area contributed by atoms with E-state index in [1.807, 2.05) is 32.0 Å². The van der Waals surface area contributed by atoms with E-state index in [9.17, 15) is 0 Å². The van der Waals surface area contributed by atoms with Crippen LogP contribution < -0.4 is 10.1 Å². The molecule has 2 nitrogen and oxygen atoms in total. The smallest absolute Gasteiger partial charge is 0.119 e. The first kappa shape index (κ1) is 16.8. The van der Waals surface area contributed by atoms with Gasteiger partial charge in [-0.1, -0.05) is 53.6 Å². The lowest BCUT2D eigenvalue weighted by Crippen LogP contribution is -2.29. The number of anilines is 1. The fraction of sp³-hybridized carbons (Fsp3) is 0.333. The molecule has 25 heavy (non-hydrogen) atoms. The zero-order valence-corrected chi connectivity index (χ0v) is 15.8. The maximum atomic E-state index is 6.50. The summed E-state index contributed by atoms with van der Waals surface area (Å²) in [7, 11) is 0. The summed E-state index contributed by atoms with van der Waals surface area (Å²) in [6.45, 7) is 4.07. The van der Waals surface area contributed by atoms with Gasteiger partial charge in [-0.25, -0.2) is 0 Å². The lowest BCUT2D eigenvalue weighted by atomic mass is 9.77. The van der Waals surface area contributed by atoms with Gasteiger partial charge in [0.2, 0.25) is 0 Å². The van der Waals surface area contributed by atoms with Gasteiger partial charge in [-0.15, -0.1) is 0 Å².